The highest BCUT2D eigenvalue weighted by atomic mass is 32.2. The fraction of sp³-hybridized carbons (Fsp3) is 0.300. The Morgan fingerprint density at radius 3 is 2.46 bits per heavy atom. The van der Waals surface area contributed by atoms with E-state index in [9.17, 15) is 4.21 Å². The molecule has 0 fully saturated rings. The topological polar surface area (TPSA) is 26.3 Å². The molecule has 24 heavy (non-hydrogen) atoms. The van der Waals surface area contributed by atoms with Crippen molar-refractivity contribution in [2.24, 2.45) is 0 Å². The van der Waals surface area contributed by atoms with Gasteiger partial charge in [0.25, 0.3) is 0 Å². The van der Waals surface area contributed by atoms with Crippen LogP contribution in [0.1, 0.15) is 36.5 Å². The quantitative estimate of drug-likeness (QED) is 0.658. The normalized spacial score (nSPS) is 13.1. The first-order valence-electron chi connectivity index (χ1n) is 7.91. The van der Waals surface area contributed by atoms with E-state index in [1.807, 2.05) is 42.7 Å². The molecular weight excluding hydrogens is 336 g/mol. The molecule has 128 valence electrons. The van der Waals surface area contributed by atoms with Crippen molar-refractivity contribution in [2.75, 3.05) is 12.5 Å². The predicted octanol–water partition coefficient (Wildman–Crippen LogP) is 5.43. The van der Waals surface area contributed by atoms with Gasteiger partial charge in [0.1, 0.15) is 12.4 Å². The molecule has 0 saturated heterocycles. The van der Waals surface area contributed by atoms with Gasteiger partial charge in [-0.05, 0) is 29.4 Å². The van der Waals surface area contributed by atoms with Crippen LogP contribution >= 0.6 is 11.8 Å². The van der Waals surface area contributed by atoms with Crippen LogP contribution in [0, 0.1) is 0 Å². The van der Waals surface area contributed by atoms with E-state index in [0.717, 1.165) is 21.1 Å². The molecule has 0 radical (unpaired) electrons. The van der Waals surface area contributed by atoms with Crippen LogP contribution in [-0.2, 0) is 17.4 Å². The van der Waals surface area contributed by atoms with Crippen molar-refractivity contribution >= 4 is 28.6 Å². The van der Waals surface area contributed by atoms with Gasteiger partial charge in [-0.25, -0.2) is 0 Å². The summed E-state index contributed by atoms with van der Waals surface area (Å²) in [6.07, 6.45) is 5.64. The average molecular weight is 361 g/mol. The summed E-state index contributed by atoms with van der Waals surface area (Å²) in [6, 6.07) is 16.3. The van der Waals surface area contributed by atoms with Gasteiger partial charge in [0, 0.05) is 11.8 Å². The van der Waals surface area contributed by atoms with Crippen LogP contribution in [0.5, 0.6) is 5.75 Å². The Balaban J connectivity index is 2.40. The number of rotatable bonds is 7. The van der Waals surface area contributed by atoms with Crippen LogP contribution < -0.4 is 4.74 Å². The van der Waals surface area contributed by atoms with Crippen molar-refractivity contribution in [2.45, 2.75) is 26.4 Å². The lowest BCUT2D eigenvalue weighted by Crippen LogP contribution is -2.02. The van der Waals surface area contributed by atoms with Gasteiger partial charge in [0.05, 0.1) is 15.0 Å². The smallest absolute Gasteiger partial charge is 0.130 e. The zero-order valence-electron chi connectivity index (χ0n) is 14.6. The van der Waals surface area contributed by atoms with Gasteiger partial charge < -0.3 is 4.74 Å². The van der Waals surface area contributed by atoms with Crippen molar-refractivity contribution < 1.29 is 8.95 Å². The van der Waals surface area contributed by atoms with Crippen LogP contribution in [0.4, 0.5) is 0 Å². The number of ether oxygens (including phenoxy) is 1. The van der Waals surface area contributed by atoms with Crippen LogP contribution in [-0.4, -0.2) is 16.7 Å². The number of benzene rings is 2. The minimum atomic E-state index is -1.00. The fourth-order valence-corrected chi connectivity index (χ4v) is 3.90. The van der Waals surface area contributed by atoms with Crippen LogP contribution in [0.2, 0.25) is 0 Å². The lowest BCUT2D eigenvalue weighted by Gasteiger charge is -2.17. The molecule has 0 aliphatic rings. The highest BCUT2D eigenvalue weighted by Crippen LogP contribution is 2.33. The lowest BCUT2D eigenvalue weighted by atomic mass is 9.99. The molecule has 0 bridgehead atoms. The van der Waals surface area contributed by atoms with E-state index in [2.05, 4.69) is 32.0 Å². The Morgan fingerprint density at radius 1 is 1.17 bits per heavy atom. The van der Waals surface area contributed by atoms with Crippen LogP contribution in [0.25, 0.3) is 6.08 Å². The van der Waals surface area contributed by atoms with E-state index in [-0.39, 0.29) is 0 Å². The van der Waals surface area contributed by atoms with E-state index in [1.54, 1.807) is 6.26 Å². The van der Waals surface area contributed by atoms with Gasteiger partial charge in [-0.1, -0.05) is 62.4 Å². The number of hydrogen-bond acceptors (Lipinski definition) is 3. The van der Waals surface area contributed by atoms with Crippen LogP contribution in [0.15, 0.2) is 52.8 Å². The molecule has 1 unspecified atom stereocenters. The fourth-order valence-electron chi connectivity index (χ4n) is 2.42. The largest absolute Gasteiger partial charge is 0.488 e. The Labute approximate surface area is 151 Å². The maximum atomic E-state index is 11.9. The first-order chi connectivity index (χ1) is 11.5. The molecule has 0 amide bonds. The second-order valence-corrected chi connectivity index (χ2v) is 8.27. The highest BCUT2D eigenvalue weighted by Gasteiger charge is 2.13. The number of para-hydroxylation sites is 1. The van der Waals surface area contributed by atoms with Gasteiger partial charge in [-0.3, -0.25) is 4.21 Å². The van der Waals surface area contributed by atoms with Crippen LogP contribution in [0.3, 0.4) is 0 Å². The summed E-state index contributed by atoms with van der Waals surface area (Å²) in [6.45, 7) is 4.84. The molecule has 0 spiro atoms. The monoisotopic (exact) mass is 360 g/mol. The summed E-state index contributed by atoms with van der Waals surface area (Å²) < 4.78 is 18.9. The predicted molar refractivity (Wildman–Crippen MR) is 107 cm³/mol. The molecule has 0 aliphatic carbocycles. The highest BCUT2D eigenvalue weighted by molar-refractivity contribution is 8.16. The van der Waals surface area contributed by atoms with Gasteiger partial charge >= 0.3 is 0 Å². The molecule has 0 aliphatic heterocycles. The molecule has 2 aromatic carbocycles. The maximum Gasteiger partial charge on any atom is 0.130 e. The second-order valence-electron chi connectivity index (χ2n) is 5.82. The zero-order chi connectivity index (χ0) is 17.5. The third-order valence-corrected chi connectivity index (χ3v) is 6.09. The first-order valence-corrected chi connectivity index (χ1v) is 10.7. The standard InChI is InChI=1S/C20H24O2S2/c1-15(2)18-12-8-11-17(13-19(23-3)24(4)21)20(18)22-14-16-9-6-5-7-10-16/h5-13,15H,14H2,1-4H3/b19-13+. The minimum absolute atomic E-state index is 0.356. The van der Waals surface area contributed by atoms with E-state index in [1.165, 1.54) is 17.3 Å². The van der Waals surface area contributed by atoms with Gasteiger partial charge in [-0.2, -0.15) is 0 Å². The molecule has 2 rings (SSSR count). The summed E-state index contributed by atoms with van der Waals surface area (Å²) in [5, 5.41) is 0. The molecular formula is C20H24O2S2. The summed E-state index contributed by atoms with van der Waals surface area (Å²) in [5.74, 6) is 1.24. The third kappa shape index (κ3) is 4.99. The average Bonchev–Trinajstić information content (AvgIpc) is 2.58. The Morgan fingerprint density at radius 2 is 1.88 bits per heavy atom. The van der Waals surface area contributed by atoms with E-state index in [0.29, 0.717) is 12.5 Å². The van der Waals surface area contributed by atoms with Gasteiger partial charge in [-0.15, -0.1) is 11.8 Å². The number of thioether (sulfide) groups is 1. The maximum absolute atomic E-state index is 11.9. The lowest BCUT2D eigenvalue weighted by molar-refractivity contribution is 0.301. The first kappa shape index (κ1) is 18.8. The van der Waals surface area contributed by atoms with Crippen molar-refractivity contribution in [3.63, 3.8) is 0 Å². The SMILES string of the molecule is CS/C(=C\c1cccc(C(C)C)c1OCc1ccccc1)S(C)=O. The van der Waals surface area contributed by atoms with Crippen molar-refractivity contribution in [1.29, 1.82) is 0 Å². The van der Waals surface area contributed by atoms with Crippen molar-refractivity contribution in [3.8, 4) is 5.75 Å². The molecule has 2 nitrogen and oxygen atoms in total. The van der Waals surface area contributed by atoms with Crippen molar-refractivity contribution in [3.05, 3.63) is 69.5 Å². The van der Waals surface area contributed by atoms with Gasteiger partial charge in [0.2, 0.25) is 0 Å². The third-order valence-electron chi connectivity index (χ3n) is 3.68. The van der Waals surface area contributed by atoms with E-state index >= 15 is 0 Å². The molecule has 1 atom stereocenters. The molecule has 2 aromatic rings. The van der Waals surface area contributed by atoms with Crippen molar-refractivity contribution in [1.82, 2.24) is 0 Å². The molecule has 0 N–H and O–H groups in total. The molecule has 0 saturated carbocycles. The summed E-state index contributed by atoms with van der Waals surface area (Å²) in [4.78, 5) is 0. The Hall–Kier alpha value is -1.52. The second kappa shape index (κ2) is 9.09. The van der Waals surface area contributed by atoms with E-state index in [4.69, 9.17) is 4.74 Å². The summed E-state index contributed by atoms with van der Waals surface area (Å²) in [5.41, 5.74) is 3.29. The Kier molecular flexibility index (Phi) is 7.13. The summed E-state index contributed by atoms with van der Waals surface area (Å²) in [7, 11) is -1.00. The Bertz CT molecular complexity index is 722. The van der Waals surface area contributed by atoms with E-state index < -0.39 is 10.8 Å². The molecule has 4 heteroatoms. The molecule has 0 heterocycles. The van der Waals surface area contributed by atoms with Gasteiger partial charge in [0.15, 0.2) is 0 Å². The summed E-state index contributed by atoms with van der Waals surface area (Å²) >= 11 is 1.52. The zero-order valence-corrected chi connectivity index (χ0v) is 16.2. The number of hydrogen-bond donors (Lipinski definition) is 0. The molecule has 0 aromatic heterocycles. The minimum Gasteiger partial charge on any atom is -0.488 e.